The molecular formula is C12H10Cl2N4O. The highest BCUT2D eigenvalue weighted by molar-refractivity contribution is 6.35. The van der Waals surface area contributed by atoms with Crippen LogP contribution in [0.15, 0.2) is 24.5 Å². The van der Waals surface area contributed by atoms with Crippen LogP contribution in [0.1, 0.15) is 21.9 Å². The lowest BCUT2D eigenvalue weighted by atomic mass is 10.2. The van der Waals surface area contributed by atoms with Gasteiger partial charge in [0, 0.05) is 12.4 Å². The van der Waals surface area contributed by atoms with Gasteiger partial charge in [-0.25, -0.2) is 15.0 Å². The minimum absolute atomic E-state index is 0.215. The highest BCUT2D eigenvalue weighted by atomic mass is 35.5. The number of aromatic nitrogens is 3. The van der Waals surface area contributed by atoms with Gasteiger partial charge in [-0.3, -0.25) is 4.79 Å². The van der Waals surface area contributed by atoms with Gasteiger partial charge in [0.25, 0.3) is 5.91 Å². The second-order valence-corrected chi connectivity index (χ2v) is 4.56. The molecule has 0 spiro atoms. The summed E-state index contributed by atoms with van der Waals surface area (Å²) in [6, 6.07) is 3.15. The summed E-state index contributed by atoms with van der Waals surface area (Å²) in [4.78, 5) is 23.9. The maximum Gasteiger partial charge on any atom is 0.253 e. The molecular weight excluding hydrogens is 287 g/mol. The predicted octanol–water partition coefficient (Wildman–Crippen LogP) is 2.42. The zero-order chi connectivity index (χ0) is 13.8. The molecule has 0 aliphatic rings. The molecule has 2 aromatic rings. The first-order valence-corrected chi connectivity index (χ1v) is 6.19. The van der Waals surface area contributed by atoms with Crippen molar-refractivity contribution in [1.29, 1.82) is 0 Å². The van der Waals surface area contributed by atoms with Crippen LogP contribution in [0.4, 0.5) is 0 Å². The van der Waals surface area contributed by atoms with Crippen molar-refractivity contribution in [3.8, 4) is 0 Å². The van der Waals surface area contributed by atoms with Crippen LogP contribution >= 0.6 is 23.2 Å². The lowest BCUT2D eigenvalue weighted by molar-refractivity contribution is 0.0950. The number of carbonyl (C=O) groups excluding carboxylic acids is 1. The van der Waals surface area contributed by atoms with Crippen LogP contribution in [0.5, 0.6) is 0 Å². The summed E-state index contributed by atoms with van der Waals surface area (Å²) in [5, 5.41) is 3.18. The number of hydrogen-bond acceptors (Lipinski definition) is 4. The number of halogens is 2. The van der Waals surface area contributed by atoms with Crippen LogP contribution in [-0.4, -0.2) is 20.9 Å². The largest absolute Gasteiger partial charge is 0.346 e. The molecule has 0 aromatic carbocycles. The first kappa shape index (κ1) is 13.7. The fourth-order valence-electron chi connectivity index (χ4n) is 1.46. The van der Waals surface area contributed by atoms with Crippen molar-refractivity contribution < 1.29 is 4.79 Å². The molecule has 2 aromatic heterocycles. The Bertz CT molecular complexity index is 618. The summed E-state index contributed by atoms with van der Waals surface area (Å²) in [5.74, 6) is 0.322. The monoisotopic (exact) mass is 296 g/mol. The lowest BCUT2D eigenvalue weighted by Gasteiger charge is -2.06. The van der Waals surface area contributed by atoms with Gasteiger partial charge in [-0.2, -0.15) is 0 Å². The van der Waals surface area contributed by atoms with Gasteiger partial charge in [0.2, 0.25) is 0 Å². The fourth-order valence-corrected chi connectivity index (χ4v) is 1.80. The fraction of sp³-hybridized carbons (Fsp3) is 0.167. The zero-order valence-electron chi connectivity index (χ0n) is 10.0. The summed E-state index contributed by atoms with van der Waals surface area (Å²) in [5.41, 5.74) is 1.00. The number of aryl methyl sites for hydroxylation is 1. The van der Waals surface area contributed by atoms with Crippen LogP contribution in [0, 0.1) is 6.92 Å². The van der Waals surface area contributed by atoms with E-state index in [9.17, 15) is 4.79 Å². The van der Waals surface area contributed by atoms with Crippen molar-refractivity contribution in [2.75, 3.05) is 0 Å². The minimum atomic E-state index is -0.328. The Morgan fingerprint density at radius 1 is 1.37 bits per heavy atom. The summed E-state index contributed by atoms with van der Waals surface area (Å²) in [6.45, 7) is 2.07. The smallest absolute Gasteiger partial charge is 0.253 e. The first-order valence-electron chi connectivity index (χ1n) is 5.44. The van der Waals surface area contributed by atoms with Crippen molar-refractivity contribution in [2.45, 2.75) is 13.5 Å². The normalized spacial score (nSPS) is 10.3. The first-order chi connectivity index (χ1) is 9.06. The van der Waals surface area contributed by atoms with Crippen LogP contribution in [-0.2, 0) is 6.54 Å². The standard InChI is InChI=1S/C12H10Cl2N4O/c1-7-15-3-2-8(18-7)5-17-12(19)9-4-11(14)16-6-10(9)13/h2-4,6H,5H2,1H3,(H,17,19). The number of amides is 1. The van der Waals surface area contributed by atoms with Crippen LogP contribution in [0.25, 0.3) is 0 Å². The highest BCUT2D eigenvalue weighted by Crippen LogP contribution is 2.17. The van der Waals surface area contributed by atoms with E-state index in [0.717, 1.165) is 5.69 Å². The number of pyridine rings is 1. The molecule has 98 valence electrons. The van der Waals surface area contributed by atoms with Crippen LogP contribution in [0.2, 0.25) is 10.2 Å². The maximum atomic E-state index is 12.0. The van der Waals surface area contributed by atoms with Crippen LogP contribution < -0.4 is 5.32 Å². The average Bonchev–Trinajstić information content (AvgIpc) is 2.39. The minimum Gasteiger partial charge on any atom is -0.346 e. The molecule has 0 radical (unpaired) electrons. The van der Waals surface area contributed by atoms with E-state index in [4.69, 9.17) is 23.2 Å². The molecule has 19 heavy (non-hydrogen) atoms. The molecule has 0 aliphatic heterocycles. The molecule has 0 aliphatic carbocycles. The van der Waals surface area contributed by atoms with E-state index in [1.54, 1.807) is 19.2 Å². The number of nitrogens with one attached hydrogen (secondary N) is 1. The van der Waals surface area contributed by atoms with Crippen molar-refractivity contribution in [3.05, 3.63) is 51.8 Å². The third kappa shape index (κ3) is 3.62. The van der Waals surface area contributed by atoms with Gasteiger partial charge in [0.1, 0.15) is 11.0 Å². The Kier molecular flexibility index (Phi) is 4.29. The van der Waals surface area contributed by atoms with E-state index in [1.165, 1.54) is 12.3 Å². The van der Waals surface area contributed by atoms with E-state index in [-0.39, 0.29) is 21.6 Å². The molecule has 0 saturated heterocycles. The Hall–Kier alpha value is -1.72. The number of nitrogens with zero attached hydrogens (tertiary/aromatic N) is 3. The Labute approximate surface area is 120 Å². The van der Waals surface area contributed by atoms with Crippen molar-refractivity contribution in [1.82, 2.24) is 20.3 Å². The molecule has 1 N–H and O–H groups in total. The van der Waals surface area contributed by atoms with Gasteiger partial charge < -0.3 is 5.32 Å². The quantitative estimate of drug-likeness (QED) is 0.883. The van der Waals surface area contributed by atoms with Gasteiger partial charge in [-0.15, -0.1) is 0 Å². The van der Waals surface area contributed by atoms with E-state index >= 15 is 0 Å². The topological polar surface area (TPSA) is 67.8 Å². The molecule has 1 amide bonds. The van der Waals surface area contributed by atoms with Crippen molar-refractivity contribution >= 4 is 29.1 Å². The summed E-state index contributed by atoms with van der Waals surface area (Å²) in [7, 11) is 0. The second kappa shape index (κ2) is 5.95. The number of hydrogen-bond donors (Lipinski definition) is 1. The third-order valence-corrected chi connectivity index (χ3v) is 2.84. The number of carbonyl (C=O) groups is 1. The Balaban J connectivity index is 2.07. The zero-order valence-corrected chi connectivity index (χ0v) is 11.5. The molecule has 5 nitrogen and oxygen atoms in total. The molecule has 0 atom stereocenters. The molecule has 7 heteroatoms. The molecule has 0 saturated carbocycles. The number of rotatable bonds is 3. The maximum absolute atomic E-state index is 12.0. The van der Waals surface area contributed by atoms with Gasteiger partial charge in [-0.05, 0) is 19.1 Å². The summed E-state index contributed by atoms with van der Waals surface area (Å²) >= 11 is 11.6. The van der Waals surface area contributed by atoms with E-state index in [2.05, 4.69) is 20.3 Å². The second-order valence-electron chi connectivity index (χ2n) is 3.76. The van der Waals surface area contributed by atoms with Crippen molar-refractivity contribution in [2.24, 2.45) is 0 Å². The molecule has 2 rings (SSSR count). The third-order valence-electron chi connectivity index (χ3n) is 2.33. The molecule has 0 unspecified atom stereocenters. The summed E-state index contributed by atoms with van der Waals surface area (Å²) in [6.07, 6.45) is 2.98. The molecule has 0 bridgehead atoms. The van der Waals surface area contributed by atoms with Gasteiger partial charge in [0.15, 0.2) is 0 Å². The lowest BCUT2D eigenvalue weighted by Crippen LogP contribution is -2.24. The van der Waals surface area contributed by atoms with Gasteiger partial charge in [-0.1, -0.05) is 23.2 Å². The van der Waals surface area contributed by atoms with E-state index in [1.807, 2.05) is 0 Å². The Morgan fingerprint density at radius 2 is 2.16 bits per heavy atom. The highest BCUT2D eigenvalue weighted by Gasteiger charge is 2.11. The van der Waals surface area contributed by atoms with Gasteiger partial charge >= 0.3 is 0 Å². The summed E-state index contributed by atoms with van der Waals surface area (Å²) < 4.78 is 0. The van der Waals surface area contributed by atoms with Crippen molar-refractivity contribution in [3.63, 3.8) is 0 Å². The van der Waals surface area contributed by atoms with E-state index in [0.29, 0.717) is 12.4 Å². The molecule has 2 heterocycles. The SMILES string of the molecule is Cc1nccc(CNC(=O)c2cc(Cl)ncc2Cl)n1. The van der Waals surface area contributed by atoms with E-state index < -0.39 is 0 Å². The van der Waals surface area contributed by atoms with Crippen LogP contribution in [0.3, 0.4) is 0 Å². The average molecular weight is 297 g/mol. The van der Waals surface area contributed by atoms with Gasteiger partial charge in [0.05, 0.1) is 22.8 Å². The predicted molar refractivity (Wildman–Crippen MR) is 72.2 cm³/mol. The Morgan fingerprint density at radius 3 is 2.89 bits per heavy atom. The molecule has 0 fully saturated rings.